The minimum absolute atomic E-state index is 0.0617. The lowest BCUT2D eigenvalue weighted by atomic mass is 10.0. The predicted molar refractivity (Wildman–Crippen MR) is 117 cm³/mol. The van der Waals surface area contributed by atoms with Crippen molar-refractivity contribution < 1.29 is 23.4 Å². The quantitative estimate of drug-likeness (QED) is 0.281. The van der Waals surface area contributed by atoms with Gasteiger partial charge in [-0.2, -0.15) is 0 Å². The fourth-order valence-corrected chi connectivity index (χ4v) is 2.98. The van der Waals surface area contributed by atoms with E-state index >= 15 is 0 Å². The third-order valence-electron chi connectivity index (χ3n) is 3.35. The van der Waals surface area contributed by atoms with Gasteiger partial charge in [0.05, 0.1) is 18.4 Å². The number of hydrogen-bond donors (Lipinski definition) is 0. The summed E-state index contributed by atoms with van der Waals surface area (Å²) in [5.41, 5.74) is 1.09. The lowest BCUT2D eigenvalue weighted by Crippen LogP contribution is -2.13. The van der Waals surface area contributed by atoms with Gasteiger partial charge in [-0.15, -0.1) is 0 Å². The normalized spacial score (nSPS) is 13.1. The summed E-state index contributed by atoms with van der Waals surface area (Å²) in [5, 5.41) is 0. The van der Waals surface area contributed by atoms with Gasteiger partial charge in [-0.1, -0.05) is 53.7 Å². The molecule has 0 saturated carbocycles. The molecular formula is C22H35NO5P. The second-order valence-corrected chi connectivity index (χ2v) is 7.93. The van der Waals surface area contributed by atoms with Crippen molar-refractivity contribution in [3.8, 4) is 0 Å². The summed E-state index contributed by atoms with van der Waals surface area (Å²) in [6.45, 7) is 13.8. The van der Waals surface area contributed by atoms with Gasteiger partial charge in [0.25, 0.3) is 0 Å². The number of esters is 1. The third kappa shape index (κ3) is 13.3. The minimum Gasteiger partial charge on any atom is -0.438 e. The van der Waals surface area contributed by atoms with E-state index in [2.05, 4.69) is 4.98 Å². The van der Waals surface area contributed by atoms with Gasteiger partial charge in [0.2, 0.25) is 0 Å². The van der Waals surface area contributed by atoms with E-state index < -0.39 is 8.38 Å². The van der Waals surface area contributed by atoms with Crippen molar-refractivity contribution in [2.45, 2.75) is 54.6 Å². The highest BCUT2D eigenvalue weighted by atomic mass is 31.2. The van der Waals surface area contributed by atoms with Gasteiger partial charge in [0.1, 0.15) is 0 Å². The topological polar surface area (TPSA) is 74.7 Å². The fraction of sp³-hybridized carbons (Fsp3) is 0.545. The number of hydrogen-bond acceptors (Lipinski definition) is 6. The lowest BCUT2D eigenvalue weighted by molar-refractivity contribution is -0.153. The Balaban J connectivity index is 0.000000649. The first-order valence-corrected chi connectivity index (χ1v) is 11.4. The smallest absolute Gasteiger partial charge is 0.310 e. The largest absolute Gasteiger partial charge is 0.438 e. The van der Waals surface area contributed by atoms with Crippen LogP contribution in [0, 0.1) is 17.8 Å². The molecular weight excluding hydrogens is 389 g/mol. The van der Waals surface area contributed by atoms with Gasteiger partial charge in [0.15, 0.2) is 21.0 Å². The maximum Gasteiger partial charge on any atom is 0.310 e. The molecule has 1 unspecified atom stereocenters. The van der Waals surface area contributed by atoms with Crippen LogP contribution in [0.4, 0.5) is 0 Å². The molecule has 0 aromatic carbocycles. The van der Waals surface area contributed by atoms with E-state index in [9.17, 15) is 9.59 Å². The number of allylic oxidation sites excluding steroid dienone is 2. The monoisotopic (exact) mass is 424 g/mol. The van der Waals surface area contributed by atoms with Gasteiger partial charge in [-0.3, -0.25) is 19.1 Å². The SMILES string of the molecule is CC.CC(C)C(=O)[C]1C=C1.CCOP(Cc1ccncc1)OCOC(=O)C(C)C. The molecule has 1 aliphatic carbocycles. The van der Waals surface area contributed by atoms with E-state index in [-0.39, 0.29) is 30.4 Å². The minimum atomic E-state index is -1.09. The number of Topliss-reactive ketones (excluding diaryl/α,β-unsaturated/α-hetero) is 1. The van der Waals surface area contributed by atoms with E-state index in [0.717, 1.165) is 11.5 Å². The molecule has 163 valence electrons. The van der Waals surface area contributed by atoms with Gasteiger partial charge in [0, 0.05) is 24.5 Å². The van der Waals surface area contributed by atoms with E-state index in [0.29, 0.717) is 12.8 Å². The second-order valence-electron chi connectivity index (χ2n) is 6.44. The first-order valence-electron chi connectivity index (χ1n) is 10.0. The summed E-state index contributed by atoms with van der Waals surface area (Å²) in [5.74, 6) is 0.919. The highest BCUT2D eigenvalue weighted by Gasteiger charge is 2.23. The van der Waals surface area contributed by atoms with Crippen LogP contribution in [-0.2, 0) is 29.5 Å². The van der Waals surface area contributed by atoms with Crippen LogP contribution in [0.15, 0.2) is 36.7 Å². The standard InChI is InChI=1S/C13H20NO4P.C7H9O.C2H6/c1-4-17-19(9-12-5-7-14-8-6-12)18-10-16-13(15)11(2)3;1-5(2)7(8)6-3-4-6;1-2/h5-8,11H,4,9-10H2,1-3H3;3-5H,1-2H3;1-2H3. The van der Waals surface area contributed by atoms with Crippen LogP contribution in [0.1, 0.15) is 54.0 Å². The first-order chi connectivity index (χ1) is 13.8. The van der Waals surface area contributed by atoms with Crippen molar-refractivity contribution in [1.29, 1.82) is 0 Å². The Morgan fingerprint density at radius 2 is 1.59 bits per heavy atom. The Bertz CT molecular complexity index is 594. The molecule has 0 bridgehead atoms. The van der Waals surface area contributed by atoms with Gasteiger partial charge >= 0.3 is 5.97 Å². The number of nitrogens with zero attached hydrogens (tertiary/aromatic N) is 1. The molecule has 0 aliphatic heterocycles. The molecule has 0 amide bonds. The Kier molecular flexibility index (Phi) is 15.3. The van der Waals surface area contributed by atoms with Crippen LogP contribution in [0.2, 0.25) is 0 Å². The van der Waals surface area contributed by atoms with Crippen molar-refractivity contribution in [2.24, 2.45) is 11.8 Å². The van der Waals surface area contributed by atoms with Crippen molar-refractivity contribution in [3.63, 3.8) is 0 Å². The highest BCUT2D eigenvalue weighted by Crippen LogP contribution is 2.41. The van der Waals surface area contributed by atoms with Crippen LogP contribution in [0.3, 0.4) is 0 Å². The Morgan fingerprint density at radius 1 is 1.00 bits per heavy atom. The number of carbonyl (C=O) groups excluding carboxylic acids is 2. The molecule has 0 spiro atoms. The molecule has 1 aromatic heterocycles. The van der Waals surface area contributed by atoms with E-state index in [1.54, 1.807) is 26.2 Å². The number of ether oxygens (including phenoxy) is 1. The van der Waals surface area contributed by atoms with Crippen molar-refractivity contribution in [1.82, 2.24) is 4.98 Å². The number of rotatable bonds is 10. The molecule has 0 N–H and O–H groups in total. The molecule has 1 atom stereocenters. The zero-order valence-electron chi connectivity index (χ0n) is 18.7. The lowest BCUT2D eigenvalue weighted by Gasteiger charge is -2.17. The van der Waals surface area contributed by atoms with Gasteiger partial charge in [-0.25, -0.2) is 0 Å². The molecule has 7 heteroatoms. The van der Waals surface area contributed by atoms with Crippen LogP contribution < -0.4 is 0 Å². The third-order valence-corrected chi connectivity index (χ3v) is 4.91. The molecule has 1 aromatic rings. The van der Waals surface area contributed by atoms with Gasteiger partial charge in [-0.05, 0) is 24.6 Å². The predicted octanol–water partition coefficient (Wildman–Crippen LogP) is 5.49. The van der Waals surface area contributed by atoms with Crippen LogP contribution in [0.5, 0.6) is 0 Å². The van der Waals surface area contributed by atoms with Crippen molar-refractivity contribution >= 4 is 20.1 Å². The Hall–Kier alpha value is -1.62. The molecule has 1 radical (unpaired) electrons. The zero-order valence-corrected chi connectivity index (χ0v) is 19.6. The average molecular weight is 424 g/mol. The summed E-state index contributed by atoms with van der Waals surface area (Å²) in [6.07, 6.45) is 7.82. The van der Waals surface area contributed by atoms with Crippen LogP contribution >= 0.6 is 8.38 Å². The molecule has 0 saturated heterocycles. The maximum atomic E-state index is 11.3. The van der Waals surface area contributed by atoms with Crippen molar-refractivity contribution in [3.05, 3.63) is 48.2 Å². The van der Waals surface area contributed by atoms with E-state index in [1.165, 1.54) is 0 Å². The molecule has 1 heterocycles. The average Bonchev–Trinajstić information content (AvgIpc) is 3.55. The maximum absolute atomic E-state index is 11.3. The summed E-state index contributed by atoms with van der Waals surface area (Å²) < 4.78 is 16.0. The summed E-state index contributed by atoms with van der Waals surface area (Å²) in [6, 6.07) is 3.83. The van der Waals surface area contributed by atoms with E-state index in [4.69, 9.17) is 13.8 Å². The first kappa shape index (κ1) is 27.4. The molecule has 0 fully saturated rings. The Labute approximate surface area is 177 Å². The summed E-state index contributed by atoms with van der Waals surface area (Å²) in [4.78, 5) is 26.1. The molecule has 6 nitrogen and oxygen atoms in total. The van der Waals surface area contributed by atoms with Gasteiger partial charge < -0.3 is 9.26 Å². The second kappa shape index (κ2) is 16.2. The molecule has 1 aliphatic rings. The number of carbonyl (C=O) groups is 2. The zero-order chi connectivity index (χ0) is 22.2. The number of aromatic nitrogens is 1. The summed E-state index contributed by atoms with van der Waals surface area (Å²) >= 11 is 0. The molecule has 29 heavy (non-hydrogen) atoms. The summed E-state index contributed by atoms with van der Waals surface area (Å²) in [7, 11) is -1.09. The highest BCUT2D eigenvalue weighted by molar-refractivity contribution is 7.46. The van der Waals surface area contributed by atoms with E-state index in [1.807, 2.05) is 58.9 Å². The fourth-order valence-electron chi connectivity index (χ4n) is 1.76. The number of pyridine rings is 1. The van der Waals surface area contributed by atoms with Crippen LogP contribution in [0.25, 0.3) is 0 Å². The number of ketones is 1. The van der Waals surface area contributed by atoms with Crippen LogP contribution in [-0.4, -0.2) is 30.1 Å². The molecule has 2 rings (SSSR count). The Morgan fingerprint density at radius 3 is 2.00 bits per heavy atom. The van der Waals surface area contributed by atoms with Crippen molar-refractivity contribution in [2.75, 3.05) is 13.4 Å².